The number of rotatable bonds is 2. The summed E-state index contributed by atoms with van der Waals surface area (Å²) in [6, 6.07) is 4.56. The minimum Gasteiger partial charge on any atom is -0.381 e. The van der Waals surface area contributed by atoms with E-state index in [1.54, 1.807) is 12.1 Å². The van der Waals surface area contributed by atoms with Crippen LogP contribution in [0.5, 0.6) is 0 Å². The van der Waals surface area contributed by atoms with E-state index in [1.165, 1.54) is 6.07 Å². The summed E-state index contributed by atoms with van der Waals surface area (Å²) in [5.41, 5.74) is 6.81. The molecule has 0 aromatic heterocycles. The number of halogens is 2. The minimum absolute atomic E-state index is 0.133. The lowest BCUT2D eigenvalue weighted by atomic mass is 9.93. The summed E-state index contributed by atoms with van der Waals surface area (Å²) < 4.78 is 18.5. The number of hydrogen-bond donors (Lipinski definition) is 1. The molecule has 1 heterocycles. The quantitative estimate of drug-likeness (QED) is 0.846. The Morgan fingerprint density at radius 3 is 2.93 bits per heavy atom. The third-order valence-electron chi connectivity index (χ3n) is 2.80. The molecule has 4 heteroatoms. The first-order valence-corrected chi connectivity index (χ1v) is 5.34. The van der Waals surface area contributed by atoms with Crippen LogP contribution < -0.4 is 5.73 Å². The molecule has 82 valence electrons. The first kappa shape index (κ1) is 10.9. The summed E-state index contributed by atoms with van der Waals surface area (Å²) in [7, 11) is 0. The van der Waals surface area contributed by atoms with Crippen molar-refractivity contribution in [3.05, 3.63) is 34.6 Å². The molecule has 2 unspecified atom stereocenters. The highest BCUT2D eigenvalue weighted by atomic mass is 35.5. The molecule has 1 fully saturated rings. The zero-order valence-corrected chi connectivity index (χ0v) is 9.01. The zero-order chi connectivity index (χ0) is 10.8. The van der Waals surface area contributed by atoms with Crippen molar-refractivity contribution >= 4 is 11.6 Å². The van der Waals surface area contributed by atoms with Crippen LogP contribution in [0.2, 0.25) is 5.02 Å². The Balaban J connectivity index is 2.17. The molecule has 0 aliphatic carbocycles. The van der Waals surface area contributed by atoms with Crippen LogP contribution in [0.25, 0.3) is 0 Å². The summed E-state index contributed by atoms with van der Waals surface area (Å²) in [5.74, 6) is -0.130. The lowest BCUT2D eigenvalue weighted by Gasteiger charge is -2.18. The average Bonchev–Trinajstić information content (AvgIpc) is 2.74. The third kappa shape index (κ3) is 2.30. The Morgan fingerprint density at radius 2 is 2.33 bits per heavy atom. The van der Waals surface area contributed by atoms with E-state index in [4.69, 9.17) is 22.1 Å². The van der Waals surface area contributed by atoms with Crippen molar-refractivity contribution in [2.45, 2.75) is 12.5 Å². The van der Waals surface area contributed by atoms with Crippen molar-refractivity contribution in [3.63, 3.8) is 0 Å². The molecule has 2 nitrogen and oxygen atoms in total. The van der Waals surface area contributed by atoms with Gasteiger partial charge in [0.25, 0.3) is 0 Å². The minimum atomic E-state index is -0.413. The van der Waals surface area contributed by atoms with Crippen LogP contribution in [-0.2, 0) is 4.74 Å². The van der Waals surface area contributed by atoms with Gasteiger partial charge in [-0.05, 0) is 24.1 Å². The highest BCUT2D eigenvalue weighted by molar-refractivity contribution is 6.30. The number of ether oxygens (including phenoxy) is 1. The van der Waals surface area contributed by atoms with Crippen molar-refractivity contribution in [2.75, 3.05) is 13.2 Å². The standard InChI is InChI=1S/C11H13ClFNO/c12-9-2-1-7(5-10(9)13)11(14)8-3-4-15-6-8/h1-2,5,8,11H,3-4,6,14H2. The zero-order valence-electron chi connectivity index (χ0n) is 8.25. The third-order valence-corrected chi connectivity index (χ3v) is 3.11. The summed E-state index contributed by atoms with van der Waals surface area (Å²) in [6.45, 7) is 1.40. The van der Waals surface area contributed by atoms with Crippen LogP contribution in [0.1, 0.15) is 18.0 Å². The summed E-state index contributed by atoms with van der Waals surface area (Å²) in [6.07, 6.45) is 0.936. The van der Waals surface area contributed by atoms with E-state index in [9.17, 15) is 4.39 Å². The van der Waals surface area contributed by atoms with Gasteiger partial charge >= 0.3 is 0 Å². The van der Waals surface area contributed by atoms with E-state index < -0.39 is 5.82 Å². The molecular formula is C11H13ClFNO. The fourth-order valence-electron chi connectivity index (χ4n) is 1.83. The molecule has 2 N–H and O–H groups in total. The molecule has 0 amide bonds. The van der Waals surface area contributed by atoms with Gasteiger partial charge in [-0.1, -0.05) is 17.7 Å². The predicted octanol–water partition coefficient (Wildman–Crippen LogP) is 2.52. The lowest BCUT2D eigenvalue weighted by Crippen LogP contribution is -2.21. The van der Waals surface area contributed by atoms with E-state index in [0.717, 1.165) is 18.6 Å². The van der Waals surface area contributed by atoms with Gasteiger partial charge in [-0.3, -0.25) is 0 Å². The second-order valence-corrected chi connectivity index (χ2v) is 4.23. The van der Waals surface area contributed by atoms with Gasteiger partial charge in [-0.2, -0.15) is 0 Å². The molecule has 0 saturated carbocycles. The Kier molecular flexibility index (Phi) is 3.24. The highest BCUT2D eigenvalue weighted by Gasteiger charge is 2.24. The topological polar surface area (TPSA) is 35.2 Å². The largest absolute Gasteiger partial charge is 0.381 e. The van der Waals surface area contributed by atoms with E-state index in [0.29, 0.717) is 6.61 Å². The van der Waals surface area contributed by atoms with Gasteiger partial charge in [0.1, 0.15) is 5.82 Å². The van der Waals surface area contributed by atoms with Gasteiger partial charge < -0.3 is 10.5 Å². The normalized spacial score (nSPS) is 23.0. The molecule has 1 aliphatic heterocycles. The molecular weight excluding hydrogens is 217 g/mol. The van der Waals surface area contributed by atoms with Crippen LogP contribution in [-0.4, -0.2) is 13.2 Å². The first-order valence-electron chi connectivity index (χ1n) is 4.97. The average molecular weight is 230 g/mol. The lowest BCUT2D eigenvalue weighted by molar-refractivity contribution is 0.181. The second-order valence-electron chi connectivity index (χ2n) is 3.82. The van der Waals surface area contributed by atoms with Crippen molar-refractivity contribution < 1.29 is 9.13 Å². The Morgan fingerprint density at radius 1 is 1.53 bits per heavy atom. The van der Waals surface area contributed by atoms with Crippen molar-refractivity contribution in [2.24, 2.45) is 11.7 Å². The van der Waals surface area contributed by atoms with E-state index in [2.05, 4.69) is 0 Å². The van der Waals surface area contributed by atoms with Gasteiger partial charge in [0, 0.05) is 18.6 Å². The fourth-order valence-corrected chi connectivity index (χ4v) is 1.95. The molecule has 1 saturated heterocycles. The van der Waals surface area contributed by atoms with Crippen LogP contribution in [0, 0.1) is 11.7 Å². The van der Waals surface area contributed by atoms with Crippen LogP contribution in [0.3, 0.4) is 0 Å². The van der Waals surface area contributed by atoms with Gasteiger partial charge in [0.2, 0.25) is 0 Å². The maximum Gasteiger partial charge on any atom is 0.142 e. The van der Waals surface area contributed by atoms with Crippen LogP contribution >= 0.6 is 11.6 Å². The van der Waals surface area contributed by atoms with Gasteiger partial charge in [-0.15, -0.1) is 0 Å². The Hall–Kier alpha value is -0.640. The monoisotopic (exact) mass is 229 g/mol. The van der Waals surface area contributed by atoms with Crippen molar-refractivity contribution in [3.8, 4) is 0 Å². The number of nitrogens with two attached hydrogens (primary N) is 1. The van der Waals surface area contributed by atoms with Gasteiger partial charge in [0.05, 0.1) is 11.6 Å². The van der Waals surface area contributed by atoms with Crippen molar-refractivity contribution in [1.29, 1.82) is 0 Å². The molecule has 2 rings (SSSR count). The molecule has 1 aromatic rings. The van der Waals surface area contributed by atoms with Gasteiger partial charge in [-0.25, -0.2) is 4.39 Å². The fraction of sp³-hybridized carbons (Fsp3) is 0.455. The smallest absolute Gasteiger partial charge is 0.142 e. The van der Waals surface area contributed by atoms with E-state index >= 15 is 0 Å². The molecule has 0 radical (unpaired) electrons. The van der Waals surface area contributed by atoms with Gasteiger partial charge in [0.15, 0.2) is 0 Å². The highest BCUT2D eigenvalue weighted by Crippen LogP contribution is 2.28. The van der Waals surface area contributed by atoms with Crippen molar-refractivity contribution in [1.82, 2.24) is 0 Å². The van der Waals surface area contributed by atoms with Crippen LogP contribution in [0.15, 0.2) is 18.2 Å². The van der Waals surface area contributed by atoms with E-state index in [-0.39, 0.29) is 17.0 Å². The molecule has 15 heavy (non-hydrogen) atoms. The summed E-state index contributed by atoms with van der Waals surface area (Å²) in [5, 5.41) is 0.133. The Labute approximate surface area is 93.2 Å². The van der Waals surface area contributed by atoms with Crippen LogP contribution in [0.4, 0.5) is 4.39 Å². The summed E-state index contributed by atoms with van der Waals surface area (Å²) in [4.78, 5) is 0. The second kappa shape index (κ2) is 4.47. The first-order chi connectivity index (χ1) is 7.18. The molecule has 1 aliphatic rings. The predicted molar refractivity (Wildman–Crippen MR) is 57.3 cm³/mol. The molecule has 2 atom stereocenters. The molecule has 0 spiro atoms. The summed E-state index contributed by atoms with van der Waals surface area (Å²) >= 11 is 5.60. The molecule has 0 bridgehead atoms. The SMILES string of the molecule is NC(c1ccc(Cl)c(F)c1)C1CCOC1. The number of benzene rings is 1. The molecule has 1 aromatic carbocycles. The Bertz CT molecular complexity index is 352. The number of hydrogen-bond acceptors (Lipinski definition) is 2. The maximum atomic E-state index is 13.2. The van der Waals surface area contributed by atoms with E-state index in [1.807, 2.05) is 0 Å². The maximum absolute atomic E-state index is 13.2.